The van der Waals surface area contributed by atoms with E-state index in [0.717, 1.165) is 0 Å². The summed E-state index contributed by atoms with van der Waals surface area (Å²) in [5.41, 5.74) is 1.70. The Morgan fingerprint density at radius 2 is 2.00 bits per heavy atom. The summed E-state index contributed by atoms with van der Waals surface area (Å²) in [4.78, 5) is 15.8. The Morgan fingerprint density at radius 1 is 1.26 bits per heavy atom. The Morgan fingerprint density at radius 3 is 2.74 bits per heavy atom. The highest BCUT2D eigenvalue weighted by Gasteiger charge is 2.18. The van der Waals surface area contributed by atoms with Gasteiger partial charge < -0.3 is 9.52 Å². The SMILES string of the molecule is Cc1cc(=O)cc2oc3c(Cl)c(O)c(Cl)cc3nc1-2. The highest BCUT2D eigenvalue weighted by molar-refractivity contribution is 6.40. The smallest absolute Gasteiger partial charge is 0.182 e. The fraction of sp³-hybridized carbons (Fsp3) is 0.0769. The van der Waals surface area contributed by atoms with E-state index in [4.69, 9.17) is 27.6 Å². The molecule has 1 N–H and O–H groups in total. The van der Waals surface area contributed by atoms with Crippen LogP contribution >= 0.6 is 23.2 Å². The minimum atomic E-state index is -0.268. The number of halogens is 2. The Balaban J connectivity index is 2.53. The van der Waals surface area contributed by atoms with Crippen LogP contribution < -0.4 is 5.43 Å². The second-order valence-corrected chi connectivity index (χ2v) is 4.96. The zero-order chi connectivity index (χ0) is 13.7. The molecule has 6 heteroatoms. The van der Waals surface area contributed by atoms with Crippen LogP contribution in [0, 0.1) is 6.92 Å². The number of aromatic hydroxyl groups is 1. The first-order valence-electron chi connectivity index (χ1n) is 5.39. The van der Waals surface area contributed by atoms with E-state index in [-0.39, 0.29) is 26.8 Å². The molecule has 1 aromatic rings. The Hall–Kier alpha value is -1.78. The molecule has 0 spiro atoms. The summed E-state index contributed by atoms with van der Waals surface area (Å²) >= 11 is 11.8. The molecule has 0 radical (unpaired) electrons. The van der Waals surface area contributed by atoms with E-state index in [1.807, 2.05) is 0 Å². The van der Waals surface area contributed by atoms with E-state index in [1.165, 1.54) is 18.2 Å². The minimum absolute atomic E-state index is 0.0224. The van der Waals surface area contributed by atoms with Crippen LogP contribution in [0.5, 0.6) is 5.75 Å². The number of hydrogen-bond acceptors (Lipinski definition) is 4. The van der Waals surface area contributed by atoms with E-state index < -0.39 is 0 Å². The largest absolute Gasteiger partial charge is 0.505 e. The fourth-order valence-corrected chi connectivity index (χ4v) is 2.41. The highest BCUT2D eigenvalue weighted by Crippen LogP contribution is 2.39. The van der Waals surface area contributed by atoms with Gasteiger partial charge in [-0.3, -0.25) is 4.79 Å². The summed E-state index contributed by atoms with van der Waals surface area (Å²) in [6.45, 7) is 1.77. The number of fused-ring (bicyclic) bond motifs is 2. The van der Waals surface area contributed by atoms with Gasteiger partial charge in [0.1, 0.15) is 16.2 Å². The minimum Gasteiger partial charge on any atom is -0.505 e. The number of aryl methyl sites for hydroxylation is 1. The molecule has 0 aromatic heterocycles. The van der Waals surface area contributed by atoms with E-state index in [9.17, 15) is 9.90 Å². The molecule has 0 fully saturated rings. The molecule has 4 nitrogen and oxygen atoms in total. The van der Waals surface area contributed by atoms with E-state index in [1.54, 1.807) is 6.92 Å². The number of phenolic OH excluding ortho intramolecular Hbond substituents is 1. The van der Waals surface area contributed by atoms with Gasteiger partial charge >= 0.3 is 0 Å². The average Bonchev–Trinajstić information content (AvgIpc) is 2.35. The van der Waals surface area contributed by atoms with Crippen molar-refractivity contribution in [1.29, 1.82) is 0 Å². The lowest BCUT2D eigenvalue weighted by Crippen LogP contribution is -2.03. The second kappa shape index (κ2) is 4.11. The van der Waals surface area contributed by atoms with Crippen molar-refractivity contribution >= 4 is 34.3 Å². The molecule has 96 valence electrons. The molecule has 1 heterocycles. The third-order valence-corrected chi connectivity index (χ3v) is 3.45. The highest BCUT2D eigenvalue weighted by atomic mass is 35.5. The van der Waals surface area contributed by atoms with Crippen molar-refractivity contribution in [2.24, 2.45) is 0 Å². The van der Waals surface area contributed by atoms with Crippen molar-refractivity contribution < 1.29 is 9.52 Å². The molecule has 1 aliphatic carbocycles. The van der Waals surface area contributed by atoms with Crippen LogP contribution in [0.25, 0.3) is 22.6 Å². The fourth-order valence-electron chi connectivity index (χ4n) is 1.93. The van der Waals surface area contributed by atoms with E-state index >= 15 is 0 Å². The molecule has 0 saturated carbocycles. The zero-order valence-electron chi connectivity index (χ0n) is 9.70. The average molecular weight is 296 g/mol. The molecular formula is C13H7Cl2NO3. The van der Waals surface area contributed by atoms with Gasteiger partial charge in [0, 0.05) is 6.07 Å². The normalized spacial score (nSPS) is 11.3. The summed E-state index contributed by atoms with van der Waals surface area (Å²) in [6, 6.07) is 4.27. The van der Waals surface area contributed by atoms with Crippen molar-refractivity contribution in [1.82, 2.24) is 4.98 Å². The molecule has 0 atom stereocenters. The quantitative estimate of drug-likeness (QED) is 0.644. The van der Waals surface area contributed by atoms with Gasteiger partial charge in [0.2, 0.25) is 0 Å². The van der Waals surface area contributed by atoms with Gasteiger partial charge in [0.05, 0.1) is 5.02 Å². The number of nitrogens with zero attached hydrogens (tertiary/aromatic N) is 1. The number of hydrogen-bond donors (Lipinski definition) is 1. The molecule has 0 bridgehead atoms. The van der Waals surface area contributed by atoms with E-state index in [0.29, 0.717) is 22.5 Å². The molecule has 3 rings (SSSR count). The molecular weight excluding hydrogens is 289 g/mol. The Kier molecular flexibility index (Phi) is 2.66. The summed E-state index contributed by atoms with van der Waals surface area (Å²) in [5.74, 6) is 0.0526. The predicted molar refractivity (Wildman–Crippen MR) is 73.3 cm³/mol. The first-order chi connectivity index (χ1) is 8.97. The number of rotatable bonds is 0. The van der Waals surface area contributed by atoms with Crippen molar-refractivity contribution in [2.45, 2.75) is 6.92 Å². The zero-order valence-corrected chi connectivity index (χ0v) is 11.2. The van der Waals surface area contributed by atoms with Crippen LogP contribution in [0.4, 0.5) is 0 Å². The summed E-state index contributed by atoms with van der Waals surface area (Å²) < 4.78 is 5.56. The maximum Gasteiger partial charge on any atom is 0.182 e. The summed E-state index contributed by atoms with van der Waals surface area (Å²) in [6.07, 6.45) is 0. The standard InChI is InChI=1S/C13H7Cl2NO3/c1-5-2-6(17)3-9-11(5)16-8-4-7(14)12(18)10(15)13(8)19-9/h2-4,18H,1H3. The molecule has 0 saturated heterocycles. The van der Waals surface area contributed by atoms with Gasteiger partial charge in [-0.1, -0.05) is 23.2 Å². The molecule has 19 heavy (non-hydrogen) atoms. The maximum atomic E-state index is 11.5. The molecule has 1 aliphatic heterocycles. The Bertz CT molecular complexity index is 842. The van der Waals surface area contributed by atoms with Gasteiger partial charge in [-0.2, -0.15) is 0 Å². The predicted octanol–water partition coefficient (Wildman–Crippen LogP) is 3.61. The molecule has 1 aromatic carbocycles. The lowest BCUT2D eigenvalue weighted by atomic mass is 10.1. The van der Waals surface area contributed by atoms with Crippen molar-refractivity contribution in [3.8, 4) is 17.2 Å². The third-order valence-electron chi connectivity index (χ3n) is 2.81. The number of phenols is 1. The van der Waals surface area contributed by atoms with Gasteiger partial charge in [0.15, 0.2) is 22.5 Å². The van der Waals surface area contributed by atoms with Crippen LogP contribution in [0.1, 0.15) is 5.56 Å². The van der Waals surface area contributed by atoms with Gasteiger partial charge in [0.25, 0.3) is 0 Å². The lowest BCUT2D eigenvalue weighted by molar-refractivity contribution is 0.474. The van der Waals surface area contributed by atoms with Crippen LogP contribution in [-0.2, 0) is 0 Å². The Labute approximate surface area is 117 Å². The van der Waals surface area contributed by atoms with Crippen LogP contribution in [0.2, 0.25) is 10.0 Å². The first kappa shape index (κ1) is 12.3. The topological polar surface area (TPSA) is 63.3 Å². The van der Waals surface area contributed by atoms with Crippen molar-refractivity contribution in [2.75, 3.05) is 0 Å². The van der Waals surface area contributed by atoms with Crippen molar-refractivity contribution in [3.05, 3.63) is 44.0 Å². The van der Waals surface area contributed by atoms with Crippen molar-refractivity contribution in [3.63, 3.8) is 0 Å². The van der Waals surface area contributed by atoms with Crippen LogP contribution in [0.15, 0.2) is 27.4 Å². The second-order valence-electron chi connectivity index (χ2n) is 4.17. The summed E-state index contributed by atoms with van der Waals surface area (Å²) in [7, 11) is 0. The summed E-state index contributed by atoms with van der Waals surface area (Å²) in [5, 5.41) is 9.74. The molecule has 0 unspecified atom stereocenters. The van der Waals surface area contributed by atoms with Crippen LogP contribution in [-0.4, -0.2) is 10.1 Å². The van der Waals surface area contributed by atoms with E-state index in [2.05, 4.69) is 4.98 Å². The van der Waals surface area contributed by atoms with Gasteiger partial charge in [-0.25, -0.2) is 4.98 Å². The third kappa shape index (κ3) is 1.84. The molecule has 2 aliphatic rings. The number of benzene rings is 2. The van der Waals surface area contributed by atoms with Gasteiger partial charge in [-0.05, 0) is 24.6 Å². The number of aromatic nitrogens is 1. The lowest BCUT2D eigenvalue weighted by Gasteiger charge is -2.10. The van der Waals surface area contributed by atoms with Gasteiger partial charge in [-0.15, -0.1) is 0 Å². The molecule has 0 amide bonds. The monoisotopic (exact) mass is 295 g/mol. The maximum absolute atomic E-state index is 11.5. The van der Waals surface area contributed by atoms with Crippen LogP contribution in [0.3, 0.4) is 0 Å². The first-order valence-corrected chi connectivity index (χ1v) is 6.15.